The van der Waals surface area contributed by atoms with Crippen LogP contribution in [0.1, 0.15) is 39.5 Å². The Morgan fingerprint density at radius 1 is 1.40 bits per heavy atom. The Labute approximate surface area is 120 Å². The van der Waals surface area contributed by atoms with Crippen molar-refractivity contribution >= 4 is 11.4 Å². The molecular weight excluding hydrogens is 256 g/mol. The number of unbranched alkanes of at least 4 members (excludes halogenated alkanes) is 1. The number of hydrogen-bond donors (Lipinski definition) is 1. The van der Waals surface area contributed by atoms with Crippen LogP contribution in [0.15, 0.2) is 18.2 Å². The highest BCUT2D eigenvalue weighted by Crippen LogP contribution is 2.29. The van der Waals surface area contributed by atoms with E-state index in [1.807, 2.05) is 0 Å². The molecule has 0 aromatic heterocycles. The average Bonchev–Trinajstić information content (AvgIpc) is 2.47. The molecule has 0 fully saturated rings. The number of benzene rings is 1. The van der Waals surface area contributed by atoms with Crippen LogP contribution in [0.2, 0.25) is 0 Å². The molecule has 0 saturated carbocycles. The zero-order valence-corrected chi connectivity index (χ0v) is 12.5. The van der Waals surface area contributed by atoms with E-state index in [-0.39, 0.29) is 10.6 Å². The molecule has 0 amide bonds. The molecule has 1 aromatic rings. The molecule has 112 valence electrons. The summed E-state index contributed by atoms with van der Waals surface area (Å²) in [5, 5.41) is 14.3. The van der Waals surface area contributed by atoms with Gasteiger partial charge in [-0.25, -0.2) is 0 Å². The molecule has 0 bridgehead atoms. The van der Waals surface area contributed by atoms with Crippen molar-refractivity contribution in [3.63, 3.8) is 0 Å². The Hall–Kier alpha value is -1.78. The van der Waals surface area contributed by atoms with Gasteiger partial charge in [0.1, 0.15) is 11.4 Å². The lowest BCUT2D eigenvalue weighted by molar-refractivity contribution is -0.384. The summed E-state index contributed by atoms with van der Waals surface area (Å²) in [4.78, 5) is 10.7. The first kappa shape index (κ1) is 16.3. The number of nitrogens with zero attached hydrogens (tertiary/aromatic N) is 1. The number of anilines is 1. The van der Waals surface area contributed by atoms with Crippen molar-refractivity contribution in [1.29, 1.82) is 0 Å². The molecule has 0 heterocycles. The fourth-order valence-electron chi connectivity index (χ4n) is 2.14. The summed E-state index contributed by atoms with van der Waals surface area (Å²) < 4.78 is 5.03. The summed E-state index contributed by atoms with van der Waals surface area (Å²) in [5.74, 6) is 1.05. The van der Waals surface area contributed by atoms with Gasteiger partial charge in [0.05, 0.1) is 18.1 Å². The minimum atomic E-state index is -0.377. The zero-order chi connectivity index (χ0) is 15.0. The first-order valence-corrected chi connectivity index (χ1v) is 7.18. The molecular formula is C15H24N2O3. The van der Waals surface area contributed by atoms with Gasteiger partial charge in [-0.3, -0.25) is 10.1 Å². The lowest BCUT2D eigenvalue weighted by atomic mass is 9.99. The second-order valence-corrected chi connectivity index (χ2v) is 4.94. The van der Waals surface area contributed by atoms with Gasteiger partial charge in [0.2, 0.25) is 0 Å². The van der Waals surface area contributed by atoms with Gasteiger partial charge in [-0.05, 0) is 24.5 Å². The number of methoxy groups -OCH3 is 1. The van der Waals surface area contributed by atoms with E-state index in [1.54, 1.807) is 12.1 Å². The SMILES string of the molecule is CCCCC(CC)CNc1ccc(OC)cc1[N+](=O)[O-]. The lowest BCUT2D eigenvalue weighted by Crippen LogP contribution is -2.14. The number of hydrogen-bond acceptors (Lipinski definition) is 4. The number of nitro groups is 1. The molecule has 5 nitrogen and oxygen atoms in total. The number of rotatable bonds is 9. The van der Waals surface area contributed by atoms with Crippen molar-refractivity contribution in [1.82, 2.24) is 0 Å². The fourth-order valence-corrected chi connectivity index (χ4v) is 2.14. The number of nitro benzene ring substituents is 1. The third kappa shape index (κ3) is 4.72. The van der Waals surface area contributed by atoms with Crippen LogP contribution in [0.5, 0.6) is 5.75 Å². The smallest absolute Gasteiger partial charge is 0.296 e. The van der Waals surface area contributed by atoms with E-state index in [1.165, 1.54) is 26.0 Å². The maximum Gasteiger partial charge on any atom is 0.296 e. The van der Waals surface area contributed by atoms with Gasteiger partial charge in [0, 0.05) is 6.54 Å². The van der Waals surface area contributed by atoms with E-state index >= 15 is 0 Å². The molecule has 1 atom stereocenters. The molecule has 20 heavy (non-hydrogen) atoms. The molecule has 0 radical (unpaired) electrons. The van der Waals surface area contributed by atoms with E-state index in [2.05, 4.69) is 19.2 Å². The predicted octanol–water partition coefficient (Wildman–Crippen LogP) is 4.23. The molecule has 0 aliphatic rings. The van der Waals surface area contributed by atoms with Gasteiger partial charge in [0.15, 0.2) is 0 Å². The molecule has 0 aliphatic carbocycles. The Morgan fingerprint density at radius 2 is 2.15 bits per heavy atom. The zero-order valence-electron chi connectivity index (χ0n) is 12.5. The monoisotopic (exact) mass is 280 g/mol. The highest BCUT2D eigenvalue weighted by Gasteiger charge is 2.16. The van der Waals surface area contributed by atoms with Crippen molar-refractivity contribution in [2.75, 3.05) is 19.0 Å². The van der Waals surface area contributed by atoms with E-state index in [9.17, 15) is 10.1 Å². The Bertz CT molecular complexity index is 435. The Kier molecular flexibility index (Phi) is 6.84. The quantitative estimate of drug-likeness (QED) is 0.543. The summed E-state index contributed by atoms with van der Waals surface area (Å²) >= 11 is 0. The van der Waals surface area contributed by atoms with E-state index < -0.39 is 0 Å². The van der Waals surface area contributed by atoms with Crippen molar-refractivity contribution in [3.05, 3.63) is 28.3 Å². The Morgan fingerprint density at radius 3 is 2.70 bits per heavy atom. The van der Waals surface area contributed by atoms with Gasteiger partial charge in [-0.15, -0.1) is 0 Å². The van der Waals surface area contributed by atoms with Crippen LogP contribution in [-0.2, 0) is 0 Å². The molecule has 1 unspecified atom stereocenters. The van der Waals surface area contributed by atoms with Crippen LogP contribution in [0.25, 0.3) is 0 Å². The number of ether oxygens (including phenoxy) is 1. The number of nitrogens with one attached hydrogen (secondary N) is 1. The summed E-state index contributed by atoms with van der Waals surface area (Å²) in [6.07, 6.45) is 4.62. The van der Waals surface area contributed by atoms with Crippen LogP contribution in [0, 0.1) is 16.0 Å². The Balaban J connectivity index is 2.73. The average molecular weight is 280 g/mol. The second kappa shape index (κ2) is 8.40. The highest BCUT2D eigenvalue weighted by molar-refractivity contribution is 5.63. The van der Waals surface area contributed by atoms with Crippen LogP contribution in [0.4, 0.5) is 11.4 Å². The molecule has 1 aromatic carbocycles. The van der Waals surface area contributed by atoms with E-state index in [0.29, 0.717) is 17.4 Å². The van der Waals surface area contributed by atoms with Crippen molar-refractivity contribution in [2.24, 2.45) is 5.92 Å². The maximum atomic E-state index is 11.1. The van der Waals surface area contributed by atoms with Crippen molar-refractivity contribution < 1.29 is 9.66 Å². The summed E-state index contributed by atoms with van der Waals surface area (Å²) in [5.41, 5.74) is 0.625. The largest absolute Gasteiger partial charge is 0.496 e. The van der Waals surface area contributed by atoms with Gasteiger partial charge in [-0.2, -0.15) is 0 Å². The first-order chi connectivity index (χ1) is 9.62. The van der Waals surface area contributed by atoms with Crippen molar-refractivity contribution in [2.45, 2.75) is 39.5 Å². The lowest BCUT2D eigenvalue weighted by Gasteiger charge is -2.16. The predicted molar refractivity (Wildman–Crippen MR) is 81.4 cm³/mol. The van der Waals surface area contributed by atoms with Crippen LogP contribution in [-0.4, -0.2) is 18.6 Å². The molecule has 0 spiro atoms. The van der Waals surface area contributed by atoms with E-state index in [4.69, 9.17) is 4.74 Å². The topological polar surface area (TPSA) is 64.4 Å². The second-order valence-electron chi connectivity index (χ2n) is 4.94. The highest BCUT2D eigenvalue weighted by atomic mass is 16.6. The summed E-state index contributed by atoms with van der Waals surface area (Å²) in [6.45, 7) is 5.10. The summed E-state index contributed by atoms with van der Waals surface area (Å²) in [7, 11) is 1.50. The van der Waals surface area contributed by atoms with Crippen LogP contribution in [0.3, 0.4) is 0 Å². The molecule has 5 heteroatoms. The first-order valence-electron chi connectivity index (χ1n) is 7.18. The summed E-state index contributed by atoms with van der Waals surface area (Å²) in [6, 6.07) is 4.90. The normalized spacial score (nSPS) is 11.9. The molecule has 0 saturated heterocycles. The van der Waals surface area contributed by atoms with Gasteiger partial charge in [-0.1, -0.05) is 33.1 Å². The molecule has 1 rings (SSSR count). The van der Waals surface area contributed by atoms with Crippen LogP contribution >= 0.6 is 0 Å². The minimum absolute atomic E-state index is 0.0645. The third-order valence-electron chi connectivity index (χ3n) is 3.53. The van der Waals surface area contributed by atoms with Gasteiger partial charge < -0.3 is 10.1 Å². The standard InChI is InChI=1S/C15H24N2O3/c1-4-6-7-12(5-2)11-16-14-9-8-13(20-3)10-15(14)17(18)19/h8-10,12,16H,4-7,11H2,1-3H3. The van der Waals surface area contributed by atoms with Crippen LogP contribution < -0.4 is 10.1 Å². The maximum absolute atomic E-state index is 11.1. The fraction of sp³-hybridized carbons (Fsp3) is 0.600. The van der Waals surface area contributed by atoms with Crippen molar-refractivity contribution in [3.8, 4) is 5.75 Å². The molecule has 1 N–H and O–H groups in total. The minimum Gasteiger partial charge on any atom is -0.496 e. The van der Waals surface area contributed by atoms with Gasteiger partial charge in [0.25, 0.3) is 5.69 Å². The third-order valence-corrected chi connectivity index (χ3v) is 3.53. The van der Waals surface area contributed by atoms with Gasteiger partial charge >= 0.3 is 0 Å². The van der Waals surface area contributed by atoms with E-state index in [0.717, 1.165) is 19.4 Å². The molecule has 0 aliphatic heterocycles.